The molecule has 108 valence electrons. The summed E-state index contributed by atoms with van der Waals surface area (Å²) in [6.45, 7) is 2.91. The van der Waals surface area contributed by atoms with Gasteiger partial charge in [0.25, 0.3) is 0 Å². The Balaban J connectivity index is 2.14. The third kappa shape index (κ3) is 3.46. The van der Waals surface area contributed by atoms with E-state index >= 15 is 0 Å². The van der Waals surface area contributed by atoms with Crippen LogP contribution in [0.25, 0.3) is 0 Å². The number of halogens is 2. The third-order valence-corrected chi connectivity index (χ3v) is 4.26. The SMILES string of the molecule is CCNC(CCc1ccnn1C)c1cccc(F)c1Br. The third-order valence-electron chi connectivity index (χ3n) is 3.42. The molecule has 20 heavy (non-hydrogen) atoms. The predicted octanol–water partition coefficient (Wildman–Crippen LogP) is 3.61. The van der Waals surface area contributed by atoms with Crippen LogP contribution in [-0.2, 0) is 13.5 Å². The van der Waals surface area contributed by atoms with Crippen LogP contribution in [0, 0.1) is 5.82 Å². The van der Waals surface area contributed by atoms with Crippen LogP contribution in [0.1, 0.15) is 30.6 Å². The number of nitrogens with one attached hydrogen (secondary N) is 1. The number of nitrogens with zero attached hydrogens (tertiary/aromatic N) is 2. The highest BCUT2D eigenvalue weighted by Crippen LogP contribution is 2.28. The van der Waals surface area contributed by atoms with Gasteiger partial charge >= 0.3 is 0 Å². The van der Waals surface area contributed by atoms with E-state index in [-0.39, 0.29) is 11.9 Å². The van der Waals surface area contributed by atoms with Crippen LogP contribution in [0.2, 0.25) is 0 Å². The highest BCUT2D eigenvalue weighted by molar-refractivity contribution is 9.10. The predicted molar refractivity (Wildman–Crippen MR) is 82.0 cm³/mol. The summed E-state index contributed by atoms with van der Waals surface area (Å²) >= 11 is 3.35. The van der Waals surface area contributed by atoms with Crippen LogP contribution in [0.3, 0.4) is 0 Å². The molecule has 0 radical (unpaired) electrons. The first-order valence-corrected chi connectivity index (χ1v) is 7.57. The number of hydrogen-bond donors (Lipinski definition) is 1. The number of aromatic nitrogens is 2. The Morgan fingerprint density at radius 2 is 2.20 bits per heavy atom. The molecule has 1 unspecified atom stereocenters. The van der Waals surface area contributed by atoms with Crippen molar-refractivity contribution < 1.29 is 4.39 Å². The average molecular weight is 340 g/mol. The molecule has 1 N–H and O–H groups in total. The Labute approximate surface area is 127 Å². The lowest BCUT2D eigenvalue weighted by molar-refractivity contribution is 0.499. The van der Waals surface area contributed by atoms with Gasteiger partial charge in [0.1, 0.15) is 5.82 Å². The zero-order chi connectivity index (χ0) is 14.5. The fraction of sp³-hybridized carbons (Fsp3) is 0.400. The second-order valence-corrected chi connectivity index (χ2v) is 5.53. The fourth-order valence-corrected chi connectivity index (χ4v) is 2.88. The van der Waals surface area contributed by atoms with Crippen molar-refractivity contribution >= 4 is 15.9 Å². The smallest absolute Gasteiger partial charge is 0.137 e. The lowest BCUT2D eigenvalue weighted by atomic mass is 10.0. The van der Waals surface area contributed by atoms with Gasteiger partial charge in [-0.15, -0.1) is 0 Å². The number of rotatable bonds is 6. The summed E-state index contributed by atoms with van der Waals surface area (Å²) in [5.41, 5.74) is 2.15. The maximum Gasteiger partial charge on any atom is 0.137 e. The first-order valence-electron chi connectivity index (χ1n) is 6.77. The molecule has 1 heterocycles. The van der Waals surface area contributed by atoms with Crippen LogP contribution in [-0.4, -0.2) is 16.3 Å². The van der Waals surface area contributed by atoms with E-state index < -0.39 is 0 Å². The lowest BCUT2D eigenvalue weighted by Gasteiger charge is -2.20. The summed E-state index contributed by atoms with van der Waals surface area (Å²) in [6.07, 6.45) is 3.60. The van der Waals surface area contributed by atoms with Gasteiger partial charge in [0.05, 0.1) is 4.47 Å². The van der Waals surface area contributed by atoms with Crippen LogP contribution >= 0.6 is 15.9 Å². The standard InChI is InChI=1S/C15H19BrFN3/c1-3-18-14(8-7-11-9-10-19-20(11)2)12-5-4-6-13(17)15(12)16/h4-6,9-10,14,18H,3,7-8H2,1-2H3. The average Bonchev–Trinajstić information content (AvgIpc) is 2.84. The quantitative estimate of drug-likeness (QED) is 0.871. The minimum atomic E-state index is -0.217. The molecule has 5 heteroatoms. The fourth-order valence-electron chi connectivity index (χ4n) is 2.34. The molecule has 1 atom stereocenters. The van der Waals surface area contributed by atoms with Crippen molar-refractivity contribution in [1.82, 2.24) is 15.1 Å². The number of aryl methyl sites for hydroxylation is 2. The molecule has 0 saturated carbocycles. The zero-order valence-electron chi connectivity index (χ0n) is 11.7. The van der Waals surface area contributed by atoms with Crippen molar-refractivity contribution in [2.75, 3.05) is 6.54 Å². The van der Waals surface area contributed by atoms with Gasteiger partial charge in [-0.05, 0) is 53.0 Å². The van der Waals surface area contributed by atoms with Crippen LogP contribution in [0.4, 0.5) is 4.39 Å². The molecule has 0 amide bonds. The molecule has 2 rings (SSSR count). The second kappa shape index (κ2) is 6.99. The molecule has 0 aliphatic heterocycles. The molecule has 0 spiro atoms. The lowest BCUT2D eigenvalue weighted by Crippen LogP contribution is -2.22. The second-order valence-electron chi connectivity index (χ2n) is 4.74. The molecule has 3 nitrogen and oxygen atoms in total. The molecule has 1 aromatic carbocycles. The van der Waals surface area contributed by atoms with E-state index in [1.165, 1.54) is 11.8 Å². The summed E-state index contributed by atoms with van der Waals surface area (Å²) < 4.78 is 16.1. The monoisotopic (exact) mass is 339 g/mol. The minimum absolute atomic E-state index is 0.125. The Hall–Kier alpha value is -1.20. The van der Waals surface area contributed by atoms with Crippen LogP contribution in [0.15, 0.2) is 34.9 Å². The first kappa shape index (κ1) is 15.2. The van der Waals surface area contributed by atoms with Crippen molar-refractivity contribution in [3.8, 4) is 0 Å². The largest absolute Gasteiger partial charge is 0.310 e. The molecule has 2 aromatic rings. The van der Waals surface area contributed by atoms with E-state index in [1.807, 2.05) is 23.9 Å². The van der Waals surface area contributed by atoms with Gasteiger partial charge < -0.3 is 5.32 Å². The van der Waals surface area contributed by atoms with Gasteiger partial charge in [0, 0.05) is 25.0 Å². The summed E-state index contributed by atoms with van der Waals surface area (Å²) in [6, 6.07) is 7.33. The topological polar surface area (TPSA) is 29.9 Å². The van der Waals surface area contributed by atoms with E-state index in [4.69, 9.17) is 0 Å². The maximum atomic E-state index is 13.7. The van der Waals surface area contributed by atoms with Crippen LogP contribution < -0.4 is 5.32 Å². The molecule has 0 bridgehead atoms. The highest BCUT2D eigenvalue weighted by atomic mass is 79.9. The summed E-state index contributed by atoms with van der Waals surface area (Å²) in [5, 5.41) is 7.59. The van der Waals surface area contributed by atoms with E-state index in [0.29, 0.717) is 4.47 Å². The Bertz CT molecular complexity index is 568. The Morgan fingerprint density at radius 1 is 1.40 bits per heavy atom. The van der Waals surface area contributed by atoms with E-state index in [2.05, 4.69) is 33.3 Å². The zero-order valence-corrected chi connectivity index (χ0v) is 13.3. The number of hydrogen-bond acceptors (Lipinski definition) is 2. The van der Waals surface area contributed by atoms with Gasteiger partial charge in [0.15, 0.2) is 0 Å². The van der Waals surface area contributed by atoms with Gasteiger partial charge in [-0.25, -0.2) is 4.39 Å². The molecule has 0 aliphatic carbocycles. The highest BCUT2D eigenvalue weighted by Gasteiger charge is 2.16. The molecule has 1 aromatic heterocycles. The maximum absolute atomic E-state index is 13.7. The first-order chi connectivity index (χ1) is 9.63. The molecule has 0 fully saturated rings. The van der Waals surface area contributed by atoms with E-state index in [9.17, 15) is 4.39 Å². The van der Waals surface area contributed by atoms with Crippen molar-refractivity contribution in [2.45, 2.75) is 25.8 Å². The summed E-state index contributed by atoms with van der Waals surface area (Å²) in [4.78, 5) is 0. The minimum Gasteiger partial charge on any atom is -0.310 e. The van der Waals surface area contributed by atoms with E-state index in [0.717, 1.165) is 24.9 Å². The van der Waals surface area contributed by atoms with Gasteiger partial charge in [-0.3, -0.25) is 4.68 Å². The van der Waals surface area contributed by atoms with Crippen molar-refractivity contribution in [1.29, 1.82) is 0 Å². The van der Waals surface area contributed by atoms with Crippen molar-refractivity contribution in [3.63, 3.8) is 0 Å². The van der Waals surface area contributed by atoms with Crippen molar-refractivity contribution in [3.05, 3.63) is 52.0 Å². The summed E-state index contributed by atoms with van der Waals surface area (Å²) in [5.74, 6) is -0.217. The van der Waals surface area contributed by atoms with Crippen LogP contribution in [0.5, 0.6) is 0 Å². The molecular formula is C15H19BrFN3. The summed E-state index contributed by atoms with van der Waals surface area (Å²) in [7, 11) is 1.94. The molecular weight excluding hydrogens is 321 g/mol. The van der Waals surface area contributed by atoms with Crippen molar-refractivity contribution in [2.24, 2.45) is 7.05 Å². The van der Waals surface area contributed by atoms with Gasteiger partial charge in [-0.2, -0.15) is 5.10 Å². The normalized spacial score (nSPS) is 12.6. The number of benzene rings is 1. The molecule has 0 saturated heterocycles. The van der Waals surface area contributed by atoms with Gasteiger partial charge in [0.2, 0.25) is 0 Å². The Morgan fingerprint density at radius 3 is 2.85 bits per heavy atom. The Kier molecular flexibility index (Phi) is 5.31. The molecule has 0 aliphatic rings. The van der Waals surface area contributed by atoms with Gasteiger partial charge in [-0.1, -0.05) is 19.1 Å². The van der Waals surface area contributed by atoms with E-state index in [1.54, 1.807) is 12.3 Å².